The van der Waals surface area contributed by atoms with Gasteiger partial charge in [-0.15, -0.1) is 0 Å². The van der Waals surface area contributed by atoms with Crippen molar-refractivity contribution in [3.05, 3.63) is 0 Å². The van der Waals surface area contributed by atoms with Gasteiger partial charge in [0, 0.05) is 6.54 Å². The lowest BCUT2D eigenvalue weighted by Gasteiger charge is -2.37. The molecule has 5 nitrogen and oxygen atoms in total. The highest BCUT2D eigenvalue weighted by Gasteiger charge is 2.52. The third kappa shape index (κ3) is 2.69. The second kappa shape index (κ2) is 4.78. The number of ether oxygens (including phenoxy) is 1. The number of carbonyl (C=O) groups is 1. The van der Waals surface area contributed by atoms with E-state index in [0.29, 0.717) is 0 Å². The predicted molar refractivity (Wildman–Crippen MR) is 59.4 cm³/mol. The number of likely N-dealkylation sites (tertiary alicyclic amines) is 1. The molecule has 1 unspecified atom stereocenters. The second-order valence-corrected chi connectivity index (χ2v) is 5.31. The van der Waals surface area contributed by atoms with Crippen LogP contribution in [0.1, 0.15) is 27.2 Å². The molecule has 0 aromatic heterocycles. The number of aliphatic hydroxyl groups excluding tert-OH is 2. The van der Waals surface area contributed by atoms with Crippen molar-refractivity contribution in [2.45, 2.75) is 44.5 Å². The minimum atomic E-state index is -1.55. The first-order chi connectivity index (χ1) is 7.77. The number of alkyl halides is 1. The first-order valence-corrected chi connectivity index (χ1v) is 5.63. The maximum Gasteiger partial charge on any atom is 0.411 e. The van der Waals surface area contributed by atoms with Gasteiger partial charge in [-0.3, -0.25) is 4.90 Å². The van der Waals surface area contributed by atoms with Gasteiger partial charge in [0.1, 0.15) is 17.3 Å². The Bertz CT molecular complexity index is 286. The first-order valence-electron chi connectivity index (χ1n) is 5.63. The van der Waals surface area contributed by atoms with Crippen molar-refractivity contribution in [2.24, 2.45) is 0 Å². The van der Waals surface area contributed by atoms with Crippen LogP contribution in [0.15, 0.2) is 0 Å². The Morgan fingerprint density at radius 2 is 2.00 bits per heavy atom. The minimum absolute atomic E-state index is 0.0976. The summed E-state index contributed by atoms with van der Waals surface area (Å²) in [5.74, 6) is 0. The zero-order valence-electron chi connectivity index (χ0n) is 10.4. The van der Waals surface area contributed by atoms with Crippen LogP contribution in [-0.2, 0) is 4.74 Å². The maximum atomic E-state index is 13.7. The number of halogens is 1. The molecule has 2 N–H and O–H groups in total. The molecule has 0 aromatic carbocycles. The van der Waals surface area contributed by atoms with E-state index >= 15 is 0 Å². The summed E-state index contributed by atoms with van der Waals surface area (Å²) < 4.78 is 18.8. The normalized spacial score (nSPS) is 23.9. The van der Waals surface area contributed by atoms with Crippen LogP contribution in [0, 0.1) is 0 Å². The molecular weight excluding hydrogens is 229 g/mol. The lowest BCUT2D eigenvalue weighted by atomic mass is 9.97. The molecule has 0 aliphatic carbocycles. The maximum absolute atomic E-state index is 13.7. The van der Waals surface area contributed by atoms with Gasteiger partial charge in [-0.05, 0) is 27.2 Å². The topological polar surface area (TPSA) is 70.0 Å². The average molecular weight is 249 g/mol. The van der Waals surface area contributed by atoms with Gasteiger partial charge in [0.05, 0.1) is 13.2 Å². The fourth-order valence-corrected chi connectivity index (χ4v) is 1.91. The Kier molecular flexibility index (Phi) is 3.99. The molecule has 0 spiro atoms. The van der Waals surface area contributed by atoms with Crippen molar-refractivity contribution < 1.29 is 24.1 Å². The quantitative estimate of drug-likeness (QED) is 0.755. The zero-order valence-corrected chi connectivity index (χ0v) is 10.4. The molecule has 0 saturated carbocycles. The van der Waals surface area contributed by atoms with Crippen LogP contribution in [0.25, 0.3) is 0 Å². The summed E-state index contributed by atoms with van der Waals surface area (Å²) in [5.41, 5.74) is -2.25. The molecule has 1 rings (SSSR count). The van der Waals surface area contributed by atoms with Gasteiger partial charge in [-0.1, -0.05) is 0 Å². The van der Waals surface area contributed by atoms with Gasteiger partial charge in [0.2, 0.25) is 0 Å². The van der Waals surface area contributed by atoms with Crippen molar-refractivity contribution in [1.29, 1.82) is 0 Å². The predicted octanol–water partition coefficient (Wildman–Crippen LogP) is 0.689. The number of nitrogens with zero attached hydrogens (tertiary/aromatic N) is 1. The molecule has 1 amide bonds. The molecule has 1 aliphatic heterocycles. The van der Waals surface area contributed by atoms with E-state index in [9.17, 15) is 19.4 Å². The number of hydrogen-bond acceptors (Lipinski definition) is 4. The summed E-state index contributed by atoms with van der Waals surface area (Å²) >= 11 is 0. The fraction of sp³-hybridized carbons (Fsp3) is 0.909. The van der Waals surface area contributed by atoms with E-state index in [1.54, 1.807) is 20.8 Å². The van der Waals surface area contributed by atoms with Gasteiger partial charge in [0.25, 0.3) is 0 Å². The highest BCUT2D eigenvalue weighted by atomic mass is 19.1. The molecule has 1 fully saturated rings. The van der Waals surface area contributed by atoms with Crippen LogP contribution in [0.3, 0.4) is 0 Å². The van der Waals surface area contributed by atoms with Crippen LogP contribution in [0.4, 0.5) is 9.18 Å². The molecule has 1 saturated heterocycles. The molecule has 1 aliphatic rings. The van der Waals surface area contributed by atoms with Gasteiger partial charge < -0.3 is 14.9 Å². The summed E-state index contributed by atoms with van der Waals surface area (Å²) in [6.45, 7) is 4.00. The summed E-state index contributed by atoms with van der Waals surface area (Å²) in [6.07, 6.45) is -2.05. The number of amides is 1. The van der Waals surface area contributed by atoms with Crippen LogP contribution < -0.4 is 0 Å². The Labute approximate surface area is 100 Å². The molecule has 0 bridgehead atoms. The van der Waals surface area contributed by atoms with Crippen molar-refractivity contribution >= 4 is 6.09 Å². The Morgan fingerprint density at radius 1 is 1.47 bits per heavy atom. The third-order valence-corrected chi connectivity index (χ3v) is 2.89. The summed E-state index contributed by atoms with van der Waals surface area (Å²) in [6, 6.07) is 0. The molecule has 100 valence electrons. The lowest BCUT2D eigenvalue weighted by Crippen LogP contribution is -2.58. The summed E-state index contributed by atoms with van der Waals surface area (Å²) in [4.78, 5) is 12.9. The first kappa shape index (κ1) is 14.2. The van der Waals surface area contributed by atoms with E-state index in [1.165, 1.54) is 0 Å². The molecule has 1 atom stereocenters. The average Bonchev–Trinajstić information content (AvgIpc) is 2.53. The SMILES string of the molecule is CC(C)(C)OC(=O)N1CCC(F)C1(CO)CO. The highest BCUT2D eigenvalue weighted by Crippen LogP contribution is 2.32. The minimum Gasteiger partial charge on any atom is -0.444 e. The highest BCUT2D eigenvalue weighted by molar-refractivity contribution is 5.70. The molecule has 6 heteroatoms. The fourth-order valence-electron chi connectivity index (χ4n) is 1.91. The van der Waals surface area contributed by atoms with E-state index in [4.69, 9.17) is 4.74 Å². The third-order valence-electron chi connectivity index (χ3n) is 2.89. The largest absolute Gasteiger partial charge is 0.444 e. The standard InChI is InChI=1S/C11H20FNO4/c1-10(2,3)17-9(16)13-5-4-8(12)11(13,6-14)7-15/h8,14-15H,4-7H2,1-3H3. The van der Waals surface area contributed by atoms with Crippen molar-refractivity contribution in [1.82, 2.24) is 4.90 Å². The van der Waals surface area contributed by atoms with Crippen LogP contribution in [-0.4, -0.2) is 58.3 Å². The van der Waals surface area contributed by atoms with Gasteiger partial charge in [-0.2, -0.15) is 0 Å². The Morgan fingerprint density at radius 3 is 2.41 bits per heavy atom. The van der Waals surface area contributed by atoms with Gasteiger partial charge >= 0.3 is 6.09 Å². The monoisotopic (exact) mass is 249 g/mol. The lowest BCUT2D eigenvalue weighted by molar-refractivity contribution is -0.0404. The van der Waals surface area contributed by atoms with Crippen molar-refractivity contribution in [3.8, 4) is 0 Å². The molecule has 1 heterocycles. The van der Waals surface area contributed by atoms with E-state index in [1.807, 2.05) is 0 Å². The molecule has 17 heavy (non-hydrogen) atoms. The number of aliphatic hydroxyl groups is 2. The zero-order chi connectivity index (χ0) is 13.3. The molecule has 0 radical (unpaired) electrons. The van der Waals surface area contributed by atoms with E-state index in [0.717, 1.165) is 4.90 Å². The van der Waals surface area contributed by atoms with Gasteiger partial charge in [0.15, 0.2) is 0 Å². The summed E-state index contributed by atoms with van der Waals surface area (Å²) in [5, 5.41) is 18.5. The van der Waals surface area contributed by atoms with Crippen molar-refractivity contribution in [2.75, 3.05) is 19.8 Å². The summed E-state index contributed by atoms with van der Waals surface area (Å²) in [7, 11) is 0. The van der Waals surface area contributed by atoms with E-state index in [-0.39, 0.29) is 13.0 Å². The second-order valence-electron chi connectivity index (χ2n) is 5.31. The smallest absolute Gasteiger partial charge is 0.411 e. The van der Waals surface area contributed by atoms with Crippen LogP contribution >= 0.6 is 0 Å². The number of carbonyl (C=O) groups excluding carboxylic acids is 1. The Balaban J connectivity index is 2.86. The molecule has 0 aromatic rings. The van der Waals surface area contributed by atoms with Crippen LogP contribution in [0.5, 0.6) is 0 Å². The Hall–Kier alpha value is -0.880. The van der Waals surface area contributed by atoms with Gasteiger partial charge in [-0.25, -0.2) is 9.18 Å². The molecular formula is C11H20FNO4. The van der Waals surface area contributed by atoms with Crippen LogP contribution in [0.2, 0.25) is 0 Å². The van der Waals surface area contributed by atoms with Crippen molar-refractivity contribution in [3.63, 3.8) is 0 Å². The number of rotatable bonds is 2. The van der Waals surface area contributed by atoms with E-state index in [2.05, 4.69) is 0 Å². The number of hydrogen-bond donors (Lipinski definition) is 2. The van der Waals surface area contributed by atoms with E-state index < -0.39 is 36.6 Å².